The van der Waals surface area contributed by atoms with Crippen LogP contribution in [0.5, 0.6) is 0 Å². The van der Waals surface area contributed by atoms with E-state index in [0.717, 1.165) is 6.54 Å². The Morgan fingerprint density at radius 1 is 1.35 bits per heavy atom. The number of anilines is 1. The first-order valence-corrected chi connectivity index (χ1v) is 7.91. The number of halogens is 1. The van der Waals surface area contributed by atoms with E-state index in [1.807, 2.05) is 6.92 Å². The largest absolute Gasteiger partial charge is 0.313 e. The van der Waals surface area contributed by atoms with Gasteiger partial charge in [0.05, 0.1) is 16.9 Å². The maximum absolute atomic E-state index is 12.3. The molecule has 6 nitrogen and oxygen atoms in total. The molecule has 0 amide bonds. The van der Waals surface area contributed by atoms with Gasteiger partial charge in [0.1, 0.15) is 0 Å². The van der Waals surface area contributed by atoms with Crippen molar-refractivity contribution in [2.75, 3.05) is 11.3 Å². The summed E-state index contributed by atoms with van der Waals surface area (Å²) in [6.07, 6.45) is 1.49. The minimum atomic E-state index is -3.75. The first-order valence-electron chi connectivity index (χ1n) is 6.05. The van der Waals surface area contributed by atoms with Crippen molar-refractivity contribution in [3.63, 3.8) is 0 Å². The number of aromatic nitrogens is 2. The predicted octanol–water partition coefficient (Wildman–Crippen LogP) is 1.97. The van der Waals surface area contributed by atoms with Crippen LogP contribution in [0.4, 0.5) is 5.69 Å². The highest BCUT2D eigenvalue weighted by Crippen LogP contribution is 2.24. The highest BCUT2D eigenvalue weighted by molar-refractivity contribution is 7.92. The summed E-state index contributed by atoms with van der Waals surface area (Å²) in [5.41, 5.74) is 0.907. The van der Waals surface area contributed by atoms with Crippen LogP contribution in [0, 0.1) is 0 Å². The Hall–Kier alpha value is -1.57. The zero-order valence-electron chi connectivity index (χ0n) is 10.9. The van der Waals surface area contributed by atoms with Crippen LogP contribution < -0.4 is 10.0 Å². The van der Waals surface area contributed by atoms with E-state index in [4.69, 9.17) is 11.6 Å². The first kappa shape index (κ1) is 14.8. The fraction of sp³-hybridized carbons (Fsp3) is 0.250. The smallest absolute Gasteiger partial charge is 0.279 e. The Balaban J connectivity index is 2.27. The lowest BCUT2D eigenvalue weighted by Gasteiger charge is -2.09. The van der Waals surface area contributed by atoms with Gasteiger partial charge < -0.3 is 5.32 Å². The third-order valence-electron chi connectivity index (χ3n) is 2.63. The third-order valence-corrected chi connectivity index (χ3v) is 4.34. The number of nitrogens with zero attached hydrogens (tertiary/aromatic N) is 1. The van der Waals surface area contributed by atoms with E-state index in [1.54, 1.807) is 24.3 Å². The van der Waals surface area contributed by atoms with Crippen molar-refractivity contribution in [3.8, 4) is 0 Å². The summed E-state index contributed by atoms with van der Waals surface area (Å²) in [5.74, 6) is 0. The molecule has 2 rings (SSSR count). The summed E-state index contributed by atoms with van der Waals surface area (Å²) in [4.78, 5) is 0. The van der Waals surface area contributed by atoms with Crippen LogP contribution in [0.25, 0.3) is 0 Å². The number of benzene rings is 1. The van der Waals surface area contributed by atoms with E-state index in [2.05, 4.69) is 20.2 Å². The summed E-state index contributed by atoms with van der Waals surface area (Å²) in [6, 6.07) is 6.65. The molecule has 0 bridgehead atoms. The van der Waals surface area contributed by atoms with Gasteiger partial charge in [-0.25, -0.2) is 0 Å². The Morgan fingerprint density at radius 2 is 2.10 bits per heavy atom. The molecule has 0 saturated carbocycles. The molecule has 1 heterocycles. The predicted molar refractivity (Wildman–Crippen MR) is 78.2 cm³/mol. The highest BCUT2D eigenvalue weighted by Gasteiger charge is 2.21. The molecule has 1 aromatic heterocycles. The van der Waals surface area contributed by atoms with Crippen molar-refractivity contribution in [2.24, 2.45) is 0 Å². The molecule has 0 spiro atoms. The molecular weight excluding hydrogens is 300 g/mol. The van der Waals surface area contributed by atoms with E-state index in [0.29, 0.717) is 22.8 Å². The van der Waals surface area contributed by atoms with Crippen molar-refractivity contribution in [1.29, 1.82) is 0 Å². The molecule has 2 aromatic rings. The van der Waals surface area contributed by atoms with Gasteiger partial charge in [-0.05, 0) is 18.7 Å². The molecule has 0 atom stereocenters. The molecule has 0 saturated heterocycles. The van der Waals surface area contributed by atoms with E-state index in [-0.39, 0.29) is 5.03 Å². The van der Waals surface area contributed by atoms with Crippen LogP contribution in [-0.2, 0) is 16.6 Å². The van der Waals surface area contributed by atoms with Crippen LogP contribution >= 0.6 is 11.6 Å². The van der Waals surface area contributed by atoms with Crippen LogP contribution in [-0.4, -0.2) is 25.2 Å². The van der Waals surface area contributed by atoms with E-state index in [9.17, 15) is 8.42 Å². The molecular formula is C12H15ClN4O2S. The molecule has 8 heteroatoms. The van der Waals surface area contributed by atoms with Gasteiger partial charge in [0.15, 0.2) is 5.03 Å². The van der Waals surface area contributed by atoms with Crippen molar-refractivity contribution in [1.82, 2.24) is 15.5 Å². The number of aromatic amines is 1. The van der Waals surface area contributed by atoms with Crippen molar-refractivity contribution in [3.05, 3.63) is 41.0 Å². The van der Waals surface area contributed by atoms with Crippen molar-refractivity contribution in [2.45, 2.75) is 18.5 Å². The van der Waals surface area contributed by atoms with Crippen LogP contribution in [0.3, 0.4) is 0 Å². The maximum atomic E-state index is 12.3. The fourth-order valence-electron chi connectivity index (χ4n) is 1.66. The van der Waals surface area contributed by atoms with Gasteiger partial charge in [-0.3, -0.25) is 9.82 Å². The SMILES string of the molecule is CCNCc1cn[nH]c1S(=O)(=O)Nc1ccccc1Cl. The van der Waals surface area contributed by atoms with Crippen LogP contribution in [0.15, 0.2) is 35.5 Å². The van der Waals surface area contributed by atoms with Gasteiger partial charge in [-0.2, -0.15) is 13.5 Å². The summed E-state index contributed by atoms with van der Waals surface area (Å²) in [6.45, 7) is 3.10. The second-order valence-corrected chi connectivity index (χ2v) is 6.12. The van der Waals surface area contributed by atoms with E-state index < -0.39 is 10.0 Å². The Kier molecular flexibility index (Phi) is 4.64. The van der Waals surface area contributed by atoms with Crippen molar-refractivity contribution >= 4 is 27.3 Å². The lowest BCUT2D eigenvalue weighted by molar-refractivity contribution is 0.594. The number of sulfonamides is 1. The summed E-state index contributed by atoms with van der Waals surface area (Å²) < 4.78 is 27.1. The number of nitrogens with one attached hydrogen (secondary N) is 3. The third kappa shape index (κ3) is 3.30. The number of hydrogen-bond acceptors (Lipinski definition) is 4. The quantitative estimate of drug-likeness (QED) is 0.761. The van der Waals surface area contributed by atoms with Gasteiger partial charge in [-0.1, -0.05) is 30.7 Å². The van der Waals surface area contributed by atoms with Crippen molar-refractivity contribution < 1.29 is 8.42 Å². The topological polar surface area (TPSA) is 86.9 Å². The Morgan fingerprint density at radius 3 is 2.80 bits per heavy atom. The monoisotopic (exact) mass is 314 g/mol. The van der Waals surface area contributed by atoms with Crippen LogP contribution in [0.2, 0.25) is 5.02 Å². The molecule has 20 heavy (non-hydrogen) atoms. The normalized spacial score (nSPS) is 11.5. The highest BCUT2D eigenvalue weighted by atomic mass is 35.5. The zero-order valence-corrected chi connectivity index (χ0v) is 12.4. The molecule has 0 radical (unpaired) electrons. The van der Waals surface area contributed by atoms with Gasteiger partial charge in [0.25, 0.3) is 10.0 Å². The summed E-state index contributed by atoms with van der Waals surface area (Å²) >= 11 is 5.95. The lowest BCUT2D eigenvalue weighted by Crippen LogP contribution is -2.18. The average Bonchev–Trinajstić information content (AvgIpc) is 2.88. The average molecular weight is 315 g/mol. The second kappa shape index (κ2) is 6.25. The molecule has 0 fully saturated rings. The maximum Gasteiger partial charge on any atom is 0.279 e. The van der Waals surface area contributed by atoms with Gasteiger partial charge in [0.2, 0.25) is 0 Å². The zero-order chi connectivity index (χ0) is 14.6. The molecule has 0 aliphatic heterocycles. The van der Waals surface area contributed by atoms with Gasteiger partial charge in [0, 0.05) is 12.1 Å². The summed E-state index contributed by atoms with van der Waals surface area (Å²) in [5, 5.41) is 9.74. The molecule has 0 unspecified atom stereocenters. The molecule has 0 aliphatic carbocycles. The lowest BCUT2D eigenvalue weighted by atomic mass is 10.3. The molecule has 0 aliphatic rings. The van der Waals surface area contributed by atoms with Crippen LogP contribution in [0.1, 0.15) is 12.5 Å². The van der Waals surface area contributed by atoms with Gasteiger partial charge >= 0.3 is 0 Å². The number of hydrogen-bond donors (Lipinski definition) is 3. The Labute approximate surface area is 122 Å². The molecule has 3 N–H and O–H groups in total. The fourth-order valence-corrected chi connectivity index (χ4v) is 3.11. The standard InChI is InChI=1S/C12H15ClN4O2S/c1-2-14-7-9-8-15-16-12(9)20(18,19)17-11-6-4-3-5-10(11)13/h3-6,8,14,17H,2,7H2,1H3,(H,15,16). The molecule has 108 valence electrons. The number of para-hydroxylation sites is 1. The van der Waals surface area contributed by atoms with E-state index >= 15 is 0 Å². The minimum absolute atomic E-state index is 0.0402. The van der Waals surface area contributed by atoms with Gasteiger partial charge in [-0.15, -0.1) is 0 Å². The second-order valence-electron chi connectivity index (χ2n) is 4.09. The number of H-pyrrole nitrogens is 1. The minimum Gasteiger partial charge on any atom is -0.313 e. The molecule has 1 aromatic carbocycles. The summed E-state index contributed by atoms with van der Waals surface area (Å²) in [7, 11) is -3.75. The van der Waals surface area contributed by atoms with E-state index in [1.165, 1.54) is 6.20 Å². The Bertz CT molecular complexity index is 684. The number of rotatable bonds is 6. The first-order chi connectivity index (χ1) is 9.54.